The summed E-state index contributed by atoms with van der Waals surface area (Å²) in [5, 5.41) is 3.07. The molecule has 21 heavy (non-hydrogen) atoms. The first kappa shape index (κ1) is 15.2. The molecule has 2 aliphatic rings. The average Bonchev–Trinajstić information content (AvgIpc) is 2.94. The Labute approximate surface area is 129 Å². The Bertz CT molecular complexity index is 442. The molecule has 0 N–H and O–H groups in total. The number of piperidine rings is 1. The lowest BCUT2D eigenvalue weighted by Crippen LogP contribution is -2.37. The molecule has 1 aromatic rings. The highest BCUT2D eigenvalue weighted by atomic mass is 32.1. The maximum absolute atomic E-state index is 5.78. The lowest BCUT2D eigenvalue weighted by Gasteiger charge is -2.33. The summed E-state index contributed by atoms with van der Waals surface area (Å²) in [5.41, 5.74) is 0.881. The zero-order valence-corrected chi connectivity index (χ0v) is 13.3. The van der Waals surface area contributed by atoms with Crippen molar-refractivity contribution in [3.8, 4) is 0 Å². The minimum atomic E-state index is -0.278. The van der Waals surface area contributed by atoms with Gasteiger partial charge in [0.2, 0.25) is 6.29 Å². The fourth-order valence-electron chi connectivity index (χ4n) is 2.54. The van der Waals surface area contributed by atoms with Gasteiger partial charge in [-0.3, -0.25) is 0 Å². The van der Waals surface area contributed by atoms with E-state index in [-0.39, 0.29) is 12.6 Å². The van der Waals surface area contributed by atoms with Crippen molar-refractivity contribution in [2.75, 3.05) is 38.3 Å². The highest BCUT2D eigenvalue weighted by molar-refractivity contribution is 7.13. The molecule has 1 aromatic heterocycles. The minimum Gasteiger partial charge on any atom is -0.382 e. The molecule has 0 amide bonds. The van der Waals surface area contributed by atoms with Crippen LogP contribution in [0.1, 0.15) is 31.7 Å². The molecule has 7 heteroatoms. The number of hydrogen-bond donors (Lipinski definition) is 0. The van der Waals surface area contributed by atoms with Crippen LogP contribution in [0.3, 0.4) is 0 Å². The van der Waals surface area contributed by atoms with E-state index in [2.05, 4.69) is 9.88 Å². The number of nitrogens with zero attached hydrogens (tertiary/aromatic N) is 2. The van der Waals surface area contributed by atoms with Crippen LogP contribution < -0.4 is 4.90 Å². The van der Waals surface area contributed by atoms with Crippen LogP contribution in [0.25, 0.3) is 0 Å². The molecule has 2 saturated heterocycles. The van der Waals surface area contributed by atoms with Crippen LogP contribution in [0.4, 0.5) is 5.13 Å². The fraction of sp³-hybridized carbons (Fsp3) is 0.786. The van der Waals surface area contributed by atoms with Crippen molar-refractivity contribution in [3.63, 3.8) is 0 Å². The van der Waals surface area contributed by atoms with Crippen LogP contribution in [0.5, 0.6) is 0 Å². The van der Waals surface area contributed by atoms with Crippen molar-refractivity contribution >= 4 is 16.5 Å². The zero-order valence-electron chi connectivity index (χ0n) is 12.5. The van der Waals surface area contributed by atoms with Crippen LogP contribution in [-0.4, -0.2) is 50.8 Å². The van der Waals surface area contributed by atoms with E-state index >= 15 is 0 Å². The molecule has 118 valence electrons. The summed E-state index contributed by atoms with van der Waals surface area (Å²) in [6, 6.07) is 0. The Morgan fingerprint density at radius 3 is 2.76 bits per heavy atom. The van der Waals surface area contributed by atoms with E-state index in [1.807, 2.05) is 12.3 Å². The van der Waals surface area contributed by atoms with Crippen LogP contribution in [0.15, 0.2) is 5.38 Å². The minimum absolute atomic E-state index is 0.111. The second kappa shape index (κ2) is 7.02. The summed E-state index contributed by atoms with van der Waals surface area (Å²) in [7, 11) is 1.70. The van der Waals surface area contributed by atoms with Gasteiger partial charge in [-0.25, -0.2) is 4.98 Å². The molecule has 0 saturated carbocycles. The Balaban J connectivity index is 1.46. The summed E-state index contributed by atoms with van der Waals surface area (Å²) < 4.78 is 21.7. The lowest BCUT2D eigenvalue weighted by atomic mass is 10.1. The van der Waals surface area contributed by atoms with Gasteiger partial charge in [-0.2, -0.15) is 0 Å². The van der Waals surface area contributed by atoms with E-state index < -0.39 is 0 Å². The van der Waals surface area contributed by atoms with Gasteiger partial charge < -0.3 is 23.8 Å². The first-order valence-electron chi connectivity index (χ1n) is 7.38. The summed E-state index contributed by atoms with van der Waals surface area (Å²) >= 11 is 1.65. The van der Waals surface area contributed by atoms with E-state index in [1.54, 1.807) is 18.4 Å². The zero-order chi connectivity index (χ0) is 14.7. The van der Waals surface area contributed by atoms with E-state index in [1.165, 1.54) is 0 Å². The third-order valence-electron chi connectivity index (χ3n) is 3.74. The molecule has 0 aliphatic carbocycles. The molecule has 0 unspecified atom stereocenters. The summed E-state index contributed by atoms with van der Waals surface area (Å²) in [6.45, 7) is 5.19. The molecule has 3 heterocycles. The van der Waals surface area contributed by atoms with Crippen molar-refractivity contribution in [2.45, 2.75) is 38.4 Å². The Hall–Kier alpha value is -0.730. The monoisotopic (exact) mass is 314 g/mol. The van der Waals surface area contributed by atoms with Gasteiger partial charge in [0.25, 0.3) is 0 Å². The summed E-state index contributed by atoms with van der Waals surface area (Å²) in [5.74, 6) is 0. The van der Waals surface area contributed by atoms with Gasteiger partial charge in [0, 0.05) is 25.6 Å². The van der Waals surface area contributed by atoms with Crippen molar-refractivity contribution < 1.29 is 18.9 Å². The largest absolute Gasteiger partial charge is 0.382 e. The molecule has 3 rings (SSSR count). The molecule has 0 spiro atoms. The van der Waals surface area contributed by atoms with E-state index in [0.717, 1.165) is 36.8 Å². The van der Waals surface area contributed by atoms with Crippen LogP contribution in [0, 0.1) is 0 Å². The van der Waals surface area contributed by atoms with Crippen molar-refractivity contribution in [2.24, 2.45) is 0 Å². The van der Waals surface area contributed by atoms with E-state index in [4.69, 9.17) is 18.9 Å². The number of thiazole rings is 1. The van der Waals surface area contributed by atoms with Crippen molar-refractivity contribution in [1.29, 1.82) is 0 Å². The molecule has 0 aromatic carbocycles. The highest BCUT2D eigenvalue weighted by Crippen LogP contribution is 2.34. The normalized spacial score (nSPS) is 26.9. The number of hydrogen-bond acceptors (Lipinski definition) is 7. The van der Waals surface area contributed by atoms with Crippen molar-refractivity contribution in [1.82, 2.24) is 4.98 Å². The molecule has 2 fully saturated rings. The molecule has 6 nitrogen and oxygen atoms in total. The van der Waals surface area contributed by atoms with Crippen LogP contribution in [0.2, 0.25) is 0 Å². The first-order valence-corrected chi connectivity index (χ1v) is 8.26. The quantitative estimate of drug-likeness (QED) is 0.750. The smallest absolute Gasteiger partial charge is 0.207 e. The number of methoxy groups -OCH3 is 1. The van der Waals surface area contributed by atoms with E-state index in [0.29, 0.717) is 19.3 Å². The SMILES string of the molecule is COCCOC1CCN(c2nc(C3OC(C)O3)cs2)CC1. The highest BCUT2D eigenvalue weighted by Gasteiger charge is 2.31. The van der Waals surface area contributed by atoms with Crippen LogP contribution >= 0.6 is 11.3 Å². The standard InChI is InChI=1S/C14H22N2O4S/c1-10-19-13(20-10)12-9-21-14(15-12)16-5-3-11(4-6-16)18-8-7-17-2/h9-11,13H,3-8H2,1-2H3. The van der Waals surface area contributed by atoms with Gasteiger partial charge in [0.1, 0.15) is 5.69 Å². The van der Waals surface area contributed by atoms with Gasteiger partial charge in [-0.15, -0.1) is 11.3 Å². The number of rotatable bonds is 6. The van der Waals surface area contributed by atoms with Crippen LogP contribution in [-0.2, 0) is 18.9 Å². The van der Waals surface area contributed by atoms with Gasteiger partial charge in [0.05, 0.1) is 19.3 Å². The van der Waals surface area contributed by atoms with Gasteiger partial charge in [0.15, 0.2) is 11.4 Å². The second-order valence-corrected chi connectivity index (χ2v) is 6.11. The second-order valence-electron chi connectivity index (χ2n) is 5.28. The molecule has 0 bridgehead atoms. The maximum Gasteiger partial charge on any atom is 0.207 e. The van der Waals surface area contributed by atoms with Crippen molar-refractivity contribution in [3.05, 3.63) is 11.1 Å². The first-order chi connectivity index (χ1) is 10.3. The molecule has 0 atom stereocenters. The molecule has 2 aliphatic heterocycles. The third kappa shape index (κ3) is 3.73. The average molecular weight is 314 g/mol. The van der Waals surface area contributed by atoms with Gasteiger partial charge in [-0.1, -0.05) is 0 Å². The van der Waals surface area contributed by atoms with E-state index in [9.17, 15) is 0 Å². The number of ether oxygens (including phenoxy) is 4. The Morgan fingerprint density at radius 1 is 1.33 bits per heavy atom. The lowest BCUT2D eigenvalue weighted by molar-refractivity contribution is -0.383. The van der Waals surface area contributed by atoms with Gasteiger partial charge in [-0.05, 0) is 19.8 Å². The third-order valence-corrected chi connectivity index (χ3v) is 4.65. The number of aromatic nitrogens is 1. The van der Waals surface area contributed by atoms with Gasteiger partial charge >= 0.3 is 0 Å². The Morgan fingerprint density at radius 2 is 2.10 bits per heavy atom. The predicted molar refractivity (Wildman–Crippen MR) is 79.6 cm³/mol. The summed E-state index contributed by atoms with van der Waals surface area (Å²) in [6.07, 6.45) is 2.02. The fourth-order valence-corrected chi connectivity index (χ4v) is 3.42. The predicted octanol–water partition coefficient (Wildman–Crippen LogP) is 2.17. The summed E-state index contributed by atoms with van der Waals surface area (Å²) in [4.78, 5) is 6.94. The molecular formula is C14H22N2O4S. The number of anilines is 1. The molecule has 0 radical (unpaired) electrons. The maximum atomic E-state index is 5.78. The molecular weight excluding hydrogens is 292 g/mol. The topological polar surface area (TPSA) is 53.1 Å². The Kier molecular flexibility index (Phi) is 5.07.